The summed E-state index contributed by atoms with van der Waals surface area (Å²) in [6.07, 6.45) is 0.545. The van der Waals surface area contributed by atoms with Gasteiger partial charge in [0.15, 0.2) is 11.5 Å². The average Bonchev–Trinajstić information content (AvgIpc) is 2.97. The van der Waals surface area contributed by atoms with Crippen molar-refractivity contribution in [3.8, 4) is 11.5 Å². The summed E-state index contributed by atoms with van der Waals surface area (Å²) in [5.74, 6) is -0.856. The number of halogens is 1. The second-order valence-electron chi connectivity index (χ2n) is 7.95. The molecule has 1 aromatic heterocycles. The maximum atomic E-state index is 13.5. The lowest BCUT2D eigenvalue weighted by Gasteiger charge is -2.34. The number of aliphatic hydroxyl groups is 1. The van der Waals surface area contributed by atoms with E-state index < -0.39 is 17.1 Å². The largest absolute Gasteiger partial charge is 0.504 e. The Labute approximate surface area is 189 Å². The van der Waals surface area contributed by atoms with Gasteiger partial charge in [0.2, 0.25) is 16.9 Å². The standard InChI is InChI=1S/C23H23ClN2O6/c1-25(2)9-4-10-26-22(29)21-19(20(28)15-12-14(24)6-8-17(15)32-21)23(26,30)13-5-7-16(27)18(11-13)31-3/h5-8,11-12,27,30H,4,9-10H2,1-3H3. The van der Waals surface area contributed by atoms with Gasteiger partial charge in [-0.05, 0) is 63.5 Å². The summed E-state index contributed by atoms with van der Waals surface area (Å²) in [6.45, 7) is 0.825. The van der Waals surface area contributed by atoms with Gasteiger partial charge < -0.3 is 24.3 Å². The Hall–Kier alpha value is -3.07. The lowest BCUT2D eigenvalue weighted by Crippen LogP contribution is -2.47. The van der Waals surface area contributed by atoms with Crippen molar-refractivity contribution < 1.29 is 24.2 Å². The summed E-state index contributed by atoms with van der Waals surface area (Å²) in [6, 6.07) is 8.71. The first-order chi connectivity index (χ1) is 15.2. The summed E-state index contributed by atoms with van der Waals surface area (Å²) in [4.78, 5) is 30.0. The fourth-order valence-corrected chi connectivity index (χ4v) is 4.21. The maximum absolute atomic E-state index is 13.5. The Morgan fingerprint density at radius 3 is 2.62 bits per heavy atom. The van der Waals surface area contributed by atoms with Crippen LogP contribution in [0.2, 0.25) is 5.02 Å². The SMILES string of the molecule is COc1cc(C2(O)c3c(oc4ccc(Cl)cc4c3=O)C(=O)N2CCCN(C)C)ccc1O. The van der Waals surface area contributed by atoms with Crippen LogP contribution in [0.25, 0.3) is 11.0 Å². The van der Waals surface area contributed by atoms with Crippen LogP contribution in [0, 0.1) is 0 Å². The zero-order valence-corrected chi connectivity index (χ0v) is 18.6. The fraction of sp³-hybridized carbons (Fsp3) is 0.304. The van der Waals surface area contributed by atoms with Crippen molar-refractivity contribution in [3.05, 3.63) is 68.5 Å². The van der Waals surface area contributed by atoms with Gasteiger partial charge in [-0.1, -0.05) is 11.6 Å². The van der Waals surface area contributed by atoms with E-state index in [4.69, 9.17) is 20.8 Å². The second-order valence-corrected chi connectivity index (χ2v) is 8.38. The first-order valence-electron chi connectivity index (χ1n) is 10.0. The normalized spacial score (nSPS) is 17.9. The first-order valence-corrected chi connectivity index (χ1v) is 10.4. The van der Waals surface area contributed by atoms with Crippen LogP contribution < -0.4 is 10.2 Å². The Morgan fingerprint density at radius 2 is 1.94 bits per heavy atom. The molecular formula is C23H23ClN2O6. The molecule has 168 valence electrons. The smallest absolute Gasteiger partial charge is 0.293 e. The van der Waals surface area contributed by atoms with E-state index in [0.29, 0.717) is 18.0 Å². The molecule has 0 bridgehead atoms. The van der Waals surface area contributed by atoms with E-state index in [2.05, 4.69) is 0 Å². The van der Waals surface area contributed by atoms with E-state index >= 15 is 0 Å². The molecule has 2 aromatic carbocycles. The molecular weight excluding hydrogens is 436 g/mol. The predicted octanol–water partition coefficient (Wildman–Crippen LogP) is 2.76. The van der Waals surface area contributed by atoms with Gasteiger partial charge >= 0.3 is 0 Å². The van der Waals surface area contributed by atoms with Crippen LogP contribution in [0.1, 0.15) is 28.1 Å². The van der Waals surface area contributed by atoms with Gasteiger partial charge in [-0.2, -0.15) is 0 Å². The van der Waals surface area contributed by atoms with Gasteiger partial charge in [0.05, 0.1) is 12.5 Å². The molecule has 1 amide bonds. The lowest BCUT2D eigenvalue weighted by molar-refractivity contribution is -0.0514. The molecule has 0 saturated heterocycles. The number of phenolic OH excluding ortho intramolecular Hbond substituents is 1. The topological polar surface area (TPSA) is 103 Å². The predicted molar refractivity (Wildman–Crippen MR) is 119 cm³/mol. The molecule has 0 aliphatic carbocycles. The van der Waals surface area contributed by atoms with Crippen LogP contribution in [0.3, 0.4) is 0 Å². The minimum absolute atomic E-state index is 0.0956. The number of phenols is 1. The van der Waals surface area contributed by atoms with Crippen LogP contribution in [-0.2, 0) is 5.72 Å². The highest BCUT2D eigenvalue weighted by Crippen LogP contribution is 2.44. The number of ether oxygens (including phenoxy) is 1. The Kier molecular flexibility index (Phi) is 5.62. The Balaban J connectivity index is 1.98. The molecule has 32 heavy (non-hydrogen) atoms. The molecule has 9 heteroatoms. The molecule has 3 aromatic rings. The average molecular weight is 459 g/mol. The van der Waals surface area contributed by atoms with Crippen LogP contribution in [0.4, 0.5) is 0 Å². The highest BCUT2D eigenvalue weighted by Gasteiger charge is 2.54. The highest BCUT2D eigenvalue weighted by molar-refractivity contribution is 6.31. The number of hydrogen-bond donors (Lipinski definition) is 2. The van der Waals surface area contributed by atoms with Gasteiger partial charge in [-0.15, -0.1) is 0 Å². The molecule has 1 unspecified atom stereocenters. The molecule has 8 nitrogen and oxygen atoms in total. The zero-order chi connectivity index (χ0) is 23.2. The van der Waals surface area contributed by atoms with E-state index in [0.717, 1.165) is 0 Å². The Bertz CT molecular complexity index is 1270. The van der Waals surface area contributed by atoms with E-state index in [1.54, 1.807) is 6.07 Å². The molecule has 0 spiro atoms. The molecule has 4 rings (SSSR count). The van der Waals surface area contributed by atoms with Crippen LogP contribution in [0.15, 0.2) is 45.6 Å². The van der Waals surface area contributed by atoms with Crippen molar-refractivity contribution in [2.75, 3.05) is 34.3 Å². The molecule has 1 atom stereocenters. The number of aromatic hydroxyl groups is 1. The number of hydrogen-bond acceptors (Lipinski definition) is 7. The molecule has 0 fully saturated rings. The zero-order valence-electron chi connectivity index (χ0n) is 17.9. The fourth-order valence-electron chi connectivity index (χ4n) is 4.04. The van der Waals surface area contributed by atoms with Gasteiger partial charge in [0.25, 0.3) is 5.91 Å². The molecule has 1 aliphatic rings. The third-order valence-electron chi connectivity index (χ3n) is 5.60. The number of benzene rings is 2. The van der Waals surface area contributed by atoms with Gasteiger partial charge in [0.1, 0.15) is 11.1 Å². The van der Waals surface area contributed by atoms with Crippen molar-refractivity contribution in [2.24, 2.45) is 0 Å². The number of methoxy groups -OCH3 is 1. The molecule has 1 aliphatic heterocycles. The van der Waals surface area contributed by atoms with Crippen LogP contribution >= 0.6 is 11.6 Å². The van der Waals surface area contributed by atoms with Crippen molar-refractivity contribution in [1.29, 1.82) is 0 Å². The number of rotatable bonds is 6. The molecule has 0 radical (unpaired) electrons. The van der Waals surface area contributed by atoms with Gasteiger partial charge in [-0.3, -0.25) is 14.5 Å². The van der Waals surface area contributed by atoms with Crippen LogP contribution in [0.5, 0.6) is 11.5 Å². The number of carbonyl (C=O) groups excluding carboxylic acids is 1. The minimum atomic E-state index is -2.11. The molecule has 2 heterocycles. The number of nitrogens with zero attached hydrogens (tertiary/aromatic N) is 2. The highest BCUT2D eigenvalue weighted by atomic mass is 35.5. The molecule has 0 saturated carbocycles. The third-order valence-corrected chi connectivity index (χ3v) is 5.84. The van der Waals surface area contributed by atoms with E-state index in [1.807, 2.05) is 19.0 Å². The van der Waals surface area contributed by atoms with Crippen molar-refractivity contribution in [1.82, 2.24) is 9.80 Å². The summed E-state index contributed by atoms with van der Waals surface area (Å²) in [7, 11) is 5.17. The third kappa shape index (κ3) is 3.40. The van der Waals surface area contributed by atoms with Gasteiger partial charge in [-0.25, -0.2) is 0 Å². The Morgan fingerprint density at radius 1 is 1.19 bits per heavy atom. The van der Waals surface area contributed by atoms with E-state index in [1.165, 1.54) is 42.3 Å². The quantitative estimate of drug-likeness (QED) is 0.585. The van der Waals surface area contributed by atoms with Crippen molar-refractivity contribution in [3.63, 3.8) is 0 Å². The minimum Gasteiger partial charge on any atom is -0.504 e. The lowest BCUT2D eigenvalue weighted by atomic mass is 9.93. The van der Waals surface area contributed by atoms with E-state index in [-0.39, 0.29) is 45.9 Å². The number of fused-ring (bicyclic) bond motifs is 2. The summed E-state index contributed by atoms with van der Waals surface area (Å²) in [5, 5.41) is 22.5. The summed E-state index contributed by atoms with van der Waals surface area (Å²) < 4.78 is 11.0. The second kappa shape index (κ2) is 8.12. The van der Waals surface area contributed by atoms with Crippen molar-refractivity contribution in [2.45, 2.75) is 12.1 Å². The van der Waals surface area contributed by atoms with E-state index in [9.17, 15) is 19.8 Å². The first kappa shape index (κ1) is 22.1. The van der Waals surface area contributed by atoms with Gasteiger partial charge in [0, 0.05) is 17.1 Å². The monoisotopic (exact) mass is 458 g/mol. The summed E-state index contributed by atoms with van der Waals surface area (Å²) >= 11 is 6.07. The van der Waals surface area contributed by atoms with Crippen LogP contribution in [-0.4, -0.2) is 60.2 Å². The van der Waals surface area contributed by atoms with Crippen molar-refractivity contribution >= 4 is 28.5 Å². The molecule has 2 N–H and O–H groups in total. The number of amides is 1. The maximum Gasteiger partial charge on any atom is 0.293 e. The summed E-state index contributed by atoms with van der Waals surface area (Å²) in [5.41, 5.74) is -2.46. The number of carbonyl (C=O) groups is 1.